The predicted molar refractivity (Wildman–Crippen MR) is 88.2 cm³/mol. The molecule has 0 saturated heterocycles. The lowest BCUT2D eigenvalue weighted by atomic mass is 9.84. The lowest BCUT2D eigenvalue weighted by Gasteiger charge is -2.24. The fourth-order valence-electron chi connectivity index (χ4n) is 2.95. The molecular formula is C17H28ClNO. The Hall–Kier alpha value is -0.730. The average Bonchev–Trinajstić information content (AvgIpc) is 2.48. The monoisotopic (exact) mass is 297 g/mol. The molecule has 2 rings (SSSR count). The van der Waals surface area contributed by atoms with E-state index in [1.165, 1.54) is 44.1 Å². The Labute approximate surface area is 129 Å². The van der Waals surface area contributed by atoms with Crippen LogP contribution in [-0.2, 0) is 0 Å². The van der Waals surface area contributed by atoms with Crippen LogP contribution in [0.3, 0.4) is 0 Å². The molecular weight excluding hydrogens is 270 g/mol. The lowest BCUT2D eigenvalue weighted by Crippen LogP contribution is -2.10. The molecule has 0 radical (unpaired) electrons. The summed E-state index contributed by atoms with van der Waals surface area (Å²) in [6.45, 7) is 1.92. The second kappa shape index (κ2) is 10.1. The summed E-state index contributed by atoms with van der Waals surface area (Å²) in [6.07, 6.45) is 9.13. The molecule has 20 heavy (non-hydrogen) atoms. The highest BCUT2D eigenvalue weighted by Crippen LogP contribution is 2.37. The molecule has 0 atom stereocenters. The predicted octanol–water partition coefficient (Wildman–Crippen LogP) is 4.53. The van der Waals surface area contributed by atoms with E-state index in [0.717, 1.165) is 31.2 Å². The van der Waals surface area contributed by atoms with Gasteiger partial charge in [-0.2, -0.15) is 0 Å². The van der Waals surface area contributed by atoms with Gasteiger partial charge >= 0.3 is 0 Å². The number of rotatable bonds is 7. The molecule has 1 fully saturated rings. The fourth-order valence-corrected chi connectivity index (χ4v) is 2.95. The molecule has 2 nitrogen and oxygen atoms in total. The van der Waals surface area contributed by atoms with Crippen molar-refractivity contribution in [2.75, 3.05) is 20.2 Å². The first kappa shape index (κ1) is 17.3. The summed E-state index contributed by atoms with van der Waals surface area (Å²) >= 11 is 0. The number of unbranched alkanes of at least 4 members (excludes halogenated alkanes) is 1. The second-order valence-electron chi connectivity index (χ2n) is 5.53. The highest BCUT2D eigenvalue weighted by Gasteiger charge is 2.18. The number of hydrogen-bond acceptors (Lipinski definition) is 2. The van der Waals surface area contributed by atoms with Crippen LogP contribution in [0, 0.1) is 0 Å². The summed E-state index contributed by atoms with van der Waals surface area (Å²) in [6, 6.07) is 8.65. The van der Waals surface area contributed by atoms with Crippen molar-refractivity contribution in [1.29, 1.82) is 0 Å². The van der Waals surface area contributed by atoms with E-state index in [4.69, 9.17) is 4.74 Å². The third-order valence-corrected chi connectivity index (χ3v) is 4.04. The van der Waals surface area contributed by atoms with Crippen molar-refractivity contribution in [2.45, 2.75) is 50.9 Å². The van der Waals surface area contributed by atoms with Crippen LogP contribution < -0.4 is 10.1 Å². The van der Waals surface area contributed by atoms with Crippen molar-refractivity contribution in [3.63, 3.8) is 0 Å². The van der Waals surface area contributed by atoms with Gasteiger partial charge in [0.15, 0.2) is 0 Å². The Morgan fingerprint density at radius 2 is 1.85 bits per heavy atom. The molecule has 1 N–H and O–H groups in total. The van der Waals surface area contributed by atoms with E-state index in [-0.39, 0.29) is 12.4 Å². The maximum absolute atomic E-state index is 6.01. The molecule has 1 saturated carbocycles. The van der Waals surface area contributed by atoms with Gasteiger partial charge in [-0.15, -0.1) is 12.4 Å². The van der Waals surface area contributed by atoms with E-state index >= 15 is 0 Å². The van der Waals surface area contributed by atoms with Gasteiger partial charge in [0.25, 0.3) is 0 Å². The molecule has 0 spiro atoms. The average molecular weight is 298 g/mol. The van der Waals surface area contributed by atoms with E-state index < -0.39 is 0 Å². The maximum Gasteiger partial charge on any atom is 0.122 e. The standard InChI is InChI=1S/C17H27NO.ClH/c1-18-13-7-8-14-19-17-12-6-5-11-16(17)15-9-3-2-4-10-15;/h5-6,11-12,15,18H,2-4,7-10,13-14H2,1H3;1H. The van der Waals surface area contributed by atoms with Crippen molar-refractivity contribution in [3.8, 4) is 5.75 Å². The number of halogens is 1. The Morgan fingerprint density at radius 1 is 1.10 bits per heavy atom. The number of benzene rings is 1. The van der Waals surface area contributed by atoms with Crippen LogP contribution in [0.25, 0.3) is 0 Å². The number of nitrogens with one attached hydrogen (secondary N) is 1. The molecule has 1 aliphatic carbocycles. The van der Waals surface area contributed by atoms with Crippen molar-refractivity contribution in [3.05, 3.63) is 29.8 Å². The van der Waals surface area contributed by atoms with Crippen molar-refractivity contribution in [2.24, 2.45) is 0 Å². The molecule has 0 unspecified atom stereocenters. The molecule has 0 aliphatic heterocycles. The first-order chi connectivity index (χ1) is 9.42. The molecule has 114 valence electrons. The summed E-state index contributed by atoms with van der Waals surface area (Å²) < 4.78 is 6.01. The maximum atomic E-state index is 6.01. The van der Waals surface area contributed by atoms with Gasteiger partial charge in [0.1, 0.15) is 5.75 Å². The zero-order valence-corrected chi connectivity index (χ0v) is 13.4. The lowest BCUT2D eigenvalue weighted by molar-refractivity contribution is 0.298. The van der Waals surface area contributed by atoms with Crippen LogP contribution in [0.2, 0.25) is 0 Å². The summed E-state index contributed by atoms with van der Waals surface area (Å²) in [7, 11) is 2.00. The molecule has 1 aromatic rings. The van der Waals surface area contributed by atoms with Gasteiger partial charge in [-0.05, 0) is 56.8 Å². The minimum atomic E-state index is 0. The minimum absolute atomic E-state index is 0. The fraction of sp³-hybridized carbons (Fsp3) is 0.647. The highest BCUT2D eigenvalue weighted by atomic mass is 35.5. The second-order valence-corrected chi connectivity index (χ2v) is 5.53. The van der Waals surface area contributed by atoms with E-state index in [1.54, 1.807) is 0 Å². The summed E-state index contributed by atoms with van der Waals surface area (Å²) in [5.41, 5.74) is 1.44. The highest BCUT2D eigenvalue weighted by molar-refractivity contribution is 5.85. The molecule has 0 heterocycles. The molecule has 1 aliphatic rings. The Balaban J connectivity index is 0.00000200. The number of para-hydroxylation sites is 1. The topological polar surface area (TPSA) is 21.3 Å². The number of hydrogen-bond donors (Lipinski definition) is 1. The minimum Gasteiger partial charge on any atom is -0.493 e. The van der Waals surface area contributed by atoms with Crippen molar-refractivity contribution >= 4 is 12.4 Å². The first-order valence-electron chi connectivity index (χ1n) is 7.78. The zero-order chi connectivity index (χ0) is 13.3. The van der Waals surface area contributed by atoms with Crippen molar-refractivity contribution in [1.82, 2.24) is 5.32 Å². The van der Waals surface area contributed by atoms with Gasteiger partial charge in [0.2, 0.25) is 0 Å². The summed E-state index contributed by atoms with van der Waals surface area (Å²) in [5, 5.41) is 3.17. The van der Waals surface area contributed by atoms with Gasteiger partial charge < -0.3 is 10.1 Å². The summed E-state index contributed by atoms with van der Waals surface area (Å²) in [4.78, 5) is 0. The Bertz CT molecular complexity index is 364. The summed E-state index contributed by atoms with van der Waals surface area (Å²) in [5.74, 6) is 1.85. The van der Waals surface area contributed by atoms with Gasteiger partial charge in [-0.1, -0.05) is 37.5 Å². The Morgan fingerprint density at radius 3 is 2.60 bits per heavy atom. The molecule has 0 aromatic heterocycles. The van der Waals surface area contributed by atoms with E-state index in [9.17, 15) is 0 Å². The van der Waals surface area contributed by atoms with Gasteiger partial charge in [0.05, 0.1) is 6.61 Å². The van der Waals surface area contributed by atoms with Crippen LogP contribution in [0.15, 0.2) is 24.3 Å². The van der Waals surface area contributed by atoms with Gasteiger partial charge in [-0.25, -0.2) is 0 Å². The van der Waals surface area contributed by atoms with E-state index in [2.05, 4.69) is 29.6 Å². The third kappa shape index (κ3) is 5.34. The molecule has 0 bridgehead atoms. The van der Waals surface area contributed by atoms with Crippen LogP contribution >= 0.6 is 12.4 Å². The third-order valence-electron chi connectivity index (χ3n) is 4.04. The first-order valence-corrected chi connectivity index (χ1v) is 7.78. The smallest absolute Gasteiger partial charge is 0.122 e. The van der Waals surface area contributed by atoms with Gasteiger partial charge in [0, 0.05) is 0 Å². The number of ether oxygens (including phenoxy) is 1. The van der Waals surface area contributed by atoms with Crippen LogP contribution in [0.4, 0.5) is 0 Å². The van der Waals surface area contributed by atoms with E-state index in [1.807, 2.05) is 7.05 Å². The molecule has 3 heteroatoms. The SMILES string of the molecule is CNCCCCOc1ccccc1C1CCCCC1.Cl. The van der Waals surface area contributed by atoms with Crippen LogP contribution in [0.1, 0.15) is 56.4 Å². The van der Waals surface area contributed by atoms with Crippen LogP contribution in [-0.4, -0.2) is 20.2 Å². The Kier molecular flexibility index (Phi) is 8.72. The zero-order valence-electron chi connectivity index (χ0n) is 12.6. The van der Waals surface area contributed by atoms with Crippen LogP contribution in [0.5, 0.6) is 5.75 Å². The van der Waals surface area contributed by atoms with Crippen molar-refractivity contribution < 1.29 is 4.74 Å². The largest absolute Gasteiger partial charge is 0.493 e. The van der Waals surface area contributed by atoms with E-state index in [0.29, 0.717) is 0 Å². The molecule has 1 aromatic carbocycles. The van der Waals surface area contributed by atoms with Gasteiger partial charge in [-0.3, -0.25) is 0 Å². The molecule has 0 amide bonds. The normalized spacial score (nSPS) is 15.7. The quantitative estimate of drug-likeness (QED) is 0.746.